The first kappa shape index (κ1) is 13.6. The fourth-order valence-corrected chi connectivity index (χ4v) is 3.57. The monoisotopic (exact) mass is 397 g/mol. The van der Waals surface area contributed by atoms with Crippen LogP contribution < -0.4 is 4.72 Å². The summed E-state index contributed by atoms with van der Waals surface area (Å²) < 4.78 is 28.8. The number of aryl methyl sites for hydroxylation is 1. The van der Waals surface area contributed by atoms with E-state index in [0.29, 0.717) is 10.7 Å². The van der Waals surface area contributed by atoms with Crippen LogP contribution in [0.5, 0.6) is 0 Å². The molecule has 0 fully saturated rings. The number of benzene rings is 1. The quantitative estimate of drug-likeness (QED) is 0.809. The number of rotatable bonds is 3. The van der Waals surface area contributed by atoms with Crippen LogP contribution in [0.2, 0.25) is 5.02 Å². The smallest absolute Gasteiger partial charge is 0.265 e. The number of hydrogen-bond acceptors (Lipinski definition) is 3. The van der Waals surface area contributed by atoms with Gasteiger partial charge in [0, 0.05) is 21.8 Å². The average Bonchev–Trinajstić information content (AvgIpc) is 2.70. The molecule has 0 aliphatic rings. The van der Waals surface area contributed by atoms with Crippen molar-refractivity contribution in [2.45, 2.75) is 4.90 Å². The third-order valence-electron chi connectivity index (χ3n) is 2.17. The first-order valence-corrected chi connectivity index (χ1v) is 7.79. The summed E-state index contributed by atoms with van der Waals surface area (Å²) in [5, 5.41) is 4.39. The summed E-state index contributed by atoms with van der Waals surface area (Å²) in [6, 6.07) is 4.94. The molecule has 0 amide bonds. The van der Waals surface area contributed by atoms with Gasteiger partial charge in [0.2, 0.25) is 0 Å². The molecule has 18 heavy (non-hydrogen) atoms. The molecule has 0 unspecified atom stereocenters. The van der Waals surface area contributed by atoms with Gasteiger partial charge < -0.3 is 0 Å². The molecule has 1 heterocycles. The minimum absolute atomic E-state index is 0.121. The molecule has 5 nitrogen and oxygen atoms in total. The van der Waals surface area contributed by atoms with Crippen molar-refractivity contribution < 1.29 is 8.42 Å². The van der Waals surface area contributed by atoms with E-state index in [-0.39, 0.29) is 4.90 Å². The molecule has 0 aliphatic carbocycles. The Morgan fingerprint density at radius 3 is 2.72 bits per heavy atom. The maximum Gasteiger partial charge on any atom is 0.265 e. The van der Waals surface area contributed by atoms with E-state index >= 15 is 0 Å². The van der Waals surface area contributed by atoms with Crippen LogP contribution in [-0.2, 0) is 17.1 Å². The molecule has 0 saturated carbocycles. The molecule has 8 heteroatoms. The number of nitrogens with zero attached hydrogens (tertiary/aromatic N) is 2. The largest absolute Gasteiger partial charge is 0.278 e. The number of nitrogens with one attached hydrogen (secondary N) is 1. The highest BCUT2D eigenvalue weighted by molar-refractivity contribution is 14.1. The predicted octanol–water partition coefficient (Wildman–Crippen LogP) is 2.48. The van der Waals surface area contributed by atoms with Gasteiger partial charge in [-0.1, -0.05) is 11.6 Å². The summed E-state index contributed by atoms with van der Waals surface area (Å²) in [6.07, 6.45) is 2.73. The highest BCUT2D eigenvalue weighted by Gasteiger charge is 2.17. The predicted molar refractivity (Wildman–Crippen MR) is 78.2 cm³/mol. The Kier molecular flexibility index (Phi) is 3.83. The van der Waals surface area contributed by atoms with Crippen LogP contribution >= 0.6 is 34.2 Å². The second-order valence-corrected chi connectivity index (χ2v) is 6.86. The SMILES string of the molecule is Cn1cc(S(=O)(=O)Nc2ccc(Cl)cc2I)cn1. The summed E-state index contributed by atoms with van der Waals surface area (Å²) in [5.41, 5.74) is 0.490. The van der Waals surface area contributed by atoms with Crippen LogP contribution in [0.1, 0.15) is 0 Å². The van der Waals surface area contributed by atoms with Gasteiger partial charge in [-0.2, -0.15) is 5.10 Å². The molecule has 96 valence electrons. The lowest BCUT2D eigenvalue weighted by molar-refractivity contribution is 0.601. The van der Waals surface area contributed by atoms with Crippen molar-refractivity contribution in [3.63, 3.8) is 0 Å². The second-order valence-electron chi connectivity index (χ2n) is 3.58. The standard InChI is InChI=1S/C10H9ClIN3O2S/c1-15-6-8(5-13-15)18(16,17)14-10-3-2-7(11)4-9(10)12/h2-6,14H,1H3. The normalized spacial score (nSPS) is 11.5. The Morgan fingerprint density at radius 2 is 2.17 bits per heavy atom. The van der Waals surface area contributed by atoms with Crippen LogP contribution in [0.25, 0.3) is 0 Å². The van der Waals surface area contributed by atoms with E-state index in [1.165, 1.54) is 17.1 Å². The van der Waals surface area contributed by atoms with Crippen molar-refractivity contribution in [1.82, 2.24) is 9.78 Å². The topological polar surface area (TPSA) is 64.0 Å². The van der Waals surface area contributed by atoms with Gasteiger partial charge in [-0.3, -0.25) is 9.40 Å². The third-order valence-corrected chi connectivity index (χ3v) is 4.61. The van der Waals surface area contributed by atoms with Crippen LogP contribution in [0, 0.1) is 3.57 Å². The summed E-state index contributed by atoms with van der Waals surface area (Å²) in [5.74, 6) is 0. The number of anilines is 1. The molecule has 1 aromatic heterocycles. The van der Waals surface area contributed by atoms with E-state index in [0.717, 1.165) is 3.57 Å². The molecular weight excluding hydrogens is 389 g/mol. The second kappa shape index (κ2) is 5.06. The summed E-state index contributed by atoms with van der Waals surface area (Å²) in [7, 11) is -1.95. The molecule has 0 saturated heterocycles. The van der Waals surface area contributed by atoms with Crippen molar-refractivity contribution in [2.24, 2.45) is 7.05 Å². The Morgan fingerprint density at radius 1 is 1.44 bits per heavy atom. The van der Waals surface area contributed by atoms with Gasteiger partial charge in [0.05, 0.1) is 11.9 Å². The summed E-state index contributed by atoms with van der Waals surface area (Å²) in [6.45, 7) is 0. The maximum atomic E-state index is 12.1. The zero-order valence-electron chi connectivity index (χ0n) is 9.26. The fraction of sp³-hybridized carbons (Fsp3) is 0.100. The van der Waals surface area contributed by atoms with Crippen molar-refractivity contribution in [1.29, 1.82) is 0 Å². The van der Waals surface area contributed by atoms with E-state index in [1.54, 1.807) is 25.2 Å². The molecule has 0 bridgehead atoms. The molecule has 1 aromatic carbocycles. The Labute approximate surface area is 123 Å². The zero-order chi connectivity index (χ0) is 13.3. The van der Waals surface area contributed by atoms with Crippen LogP contribution in [0.4, 0.5) is 5.69 Å². The number of hydrogen-bond donors (Lipinski definition) is 1. The average molecular weight is 398 g/mol. The van der Waals surface area contributed by atoms with Crippen molar-refractivity contribution in [3.05, 3.63) is 39.2 Å². The van der Waals surface area contributed by atoms with Crippen LogP contribution in [-0.4, -0.2) is 18.2 Å². The van der Waals surface area contributed by atoms with Gasteiger partial charge in [-0.25, -0.2) is 8.42 Å². The van der Waals surface area contributed by atoms with Crippen molar-refractivity contribution >= 4 is 49.9 Å². The third kappa shape index (κ3) is 2.96. The van der Waals surface area contributed by atoms with E-state index < -0.39 is 10.0 Å². The van der Waals surface area contributed by atoms with Crippen LogP contribution in [0.15, 0.2) is 35.5 Å². The van der Waals surface area contributed by atoms with E-state index in [2.05, 4.69) is 9.82 Å². The highest BCUT2D eigenvalue weighted by atomic mass is 127. The van der Waals surface area contributed by atoms with E-state index in [4.69, 9.17) is 11.6 Å². The molecule has 0 aliphatic heterocycles. The molecular formula is C10H9ClIN3O2S. The van der Waals surface area contributed by atoms with Gasteiger partial charge in [0.25, 0.3) is 10.0 Å². The summed E-state index contributed by atoms with van der Waals surface area (Å²) in [4.78, 5) is 0.121. The minimum Gasteiger partial charge on any atom is -0.278 e. The molecule has 0 radical (unpaired) electrons. The number of aromatic nitrogens is 2. The maximum absolute atomic E-state index is 12.1. The molecule has 0 atom stereocenters. The van der Waals surface area contributed by atoms with E-state index in [9.17, 15) is 8.42 Å². The first-order valence-electron chi connectivity index (χ1n) is 4.85. The zero-order valence-corrected chi connectivity index (χ0v) is 13.0. The Hall–Kier alpha value is -0.800. The summed E-state index contributed by atoms with van der Waals surface area (Å²) >= 11 is 7.83. The van der Waals surface area contributed by atoms with Gasteiger partial charge in [-0.05, 0) is 40.8 Å². The molecule has 2 rings (SSSR count). The van der Waals surface area contributed by atoms with Gasteiger partial charge in [0.1, 0.15) is 4.90 Å². The van der Waals surface area contributed by atoms with Gasteiger partial charge >= 0.3 is 0 Å². The van der Waals surface area contributed by atoms with Crippen molar-refractivity contribution in [3.8, 4) is 0 Å². The van der Waals surface area contributed by atoms with Gasteiger partial charge in [0.15, 0.2) is 0 Å². The molecule has 1 N–H and O–H groups in total. The molecule has 0 spiro atoms. The minimum atomic E-state index is -3.61. The lowest BCUT2D eigenvalue weighted by Gasteiger charge is -2.08. The van der Waals surface area contributed by atoms with Crippen LogP contribution in [0.3, 0.4) is 0 Å². The highest BCUT2D eigenvalue weighted by Crippen LogP contribution is 2.24. The number of halogens is 2. The molecule has 2 aromatic rings. The van der Waals surface area contributed by atoms with Gasteiger partial charge in [-0.15, -0.1) is 0 Å². The Balaban J connectivity index is 2.33. The van der Waals surface area contributed by atoms with Crippen molar-refractivity contribution in [2.75, 3.05) is 4.72 Å². The lowest BCUT2D eigenvalue weighted by atomic mass is 10.3. The fourth-order valence-electron chi connectivity index (χ4n) is 1.31. The number of sulfonamides is 1. The lowest BCUT2D eigenvalue weighted by Crippen LogP contribution is -2.13. The Bertz CT molecular complexity index is 684. The van der Waals surface area contributed by atoms with E-state index in [1.807, 2.05) is 22.6 Å². The first-order chi connectivity index (χ1) is 8.38.